The molecule has 4 nitrogen and oxygen atoms in total. The topological polar surface area (TPSA) is 46.9 Å². The first-order valence-corrected chi connectivity index (χ1v) is 6.01. The second-order valence-electron chi connectivity index (χ2n) is 4.38. The van der Waals surface area contributed by atoms with Gasteiger partial charge in [0.2, 0.25) is 0 Å². The summed E-state index contributed by atoms with van der Waals surface area (Å²) in [6.45, 7) is 0. The molecule has 3 rings (SSSR count). The van der Waals surface area contributed by atoms with Gasteiger partial charge in [0.25, 0.3) is 5.91 Å². The first-order valence-electron chi connectivity index (χ1n) is 6.01. The molecule has 0 atom stereocenters. The molecule has 1 N–H and O–H groups in total. The molecule has 0 saturated carbocycles. The van der Waals surface area contributed by atoms with Crippen LogP contribution in [-0.2, 0) is 7.05 Å². The normalized spacial score (nSPS) is 10.6. The van der Waals surface area contributed by atoms with Gasteiger partial charge >= 0.3 is 0 Å². The predicted molar refractivity (Wildman–Crippen MR) is 75.1 cm³/mol. The number of aryl methyl sites for hydroxylation is 1. The SMILES string of the molecule is Cn1cnc2ccc(C(=O)Nc3ccccc3)cc21. The molecule has 0 aliphatic rings. The lowest BCUT2D eigenvalue weighted by Gasteiger charge is -2.05. The largest absolute Gasteiger partial charge is 0.334 e. The van der Waals surface area contributed by atoms with Crippen molar-refractivity contribution in [1.82, 2.24) is 9.55 Å². The van der Waals surface area contributed by atoms with E-state index in [1.54, 1.807) is 12.4 Å². The van der Waals surface area contributed by atoms with Crippen molar-refractivity contribution in [3.8, 4) is 0 Å². The number of carbonyl (C=O) groups is 1. The van der Waals surface area contributed by atoms with E-state index < -0.39 is 0 Å². The summed E-state index contributed by atoms with van der Waals surface area (Å²) in [4.78, 5) is 16.4. The van der Waals surface area contributed by atoms with Crippen LogP contribution in [-0.4, -0.2) is 15.5 Å². The minimum atomic E-state index is -0.116. The first kappa shape index (κ1) is 11.5. The van der Waals surface area contributed by atoms with Crippen LogP contribution < -0.4 is 5.32 Å². The Morgan fingerprint density at radius 3 is 2.74 bits per heavy atom. The van der Waals surface area contributed by atoms with Crippen molar-refractivity contribution in [2.24, 2.45) is 7.05 Å². The van der Waals surface area contributed by atoms with E-state index in [1.165, 1.54) is 0 Å². The van der Waals surface area contributed by atoms with E-state index in [4.69, 9.17) is 0 Å². The Labute approximate surface area is 110 Å². The summed E-state index contributed by atoms with van der Waals surface area (Å²) < 4.78 is 1.90. The number of anilines is 1. The summed E-state index contributed by atoms with van der Waals surface area (Å²) in [5.74, 6) is -0.116. The van der Waals surface area contributed by atoms with E-state index >= 15 is 0 Å². The molecule has 19 heavy (non-hydrogen) atoms. The van der Waals surface area contributed by atoms with E-state index in [0.717, 1.165) is 16.7 Å². The van der Waals surface area contributed by atoms with E-state index in [2.05, 4.69) is 10.3 Å². The van der Waals surface area contributed by atoms with Crippen molar-refractivity contribution >= 4 is 22.6 Å². The van der Waals surface area contributed by atoms with E-state index in [9.17, 15) is 4.79 Å². The molecule has 0 spiro atoms. The zero-order valence-corrected chi connectivity index (χ0v) is 10.5. The number of amides is 1. The van der Waals surface area contributed by atoms with Gasteiger partial charge in [-0.25, -0.2) is 4.98 Å². The first-order chi connectivity index (χ1) is 9.24. The molecule has 4 heteroatoms. The number of hydrogen-bond donors (Lipinski definition) is 1. The quantitative estimate of drug-likeness (QED) is 0.761. The molecule has 1 amide bonds. The van der Waals surface area contributed by atoms with Crippen LogP contribution in [0.25, 0.3) is 11.0 Å². The van der Waals surface area contributed by atoms with Gasteiger partial charge in [-0.1, -0.05) is 18.2 Å². The number of imidazole rings is 1. The molecule has 1 heterocycles. The predicted octanol–water partition coefficient (Wildman–Crippen LogP) is 2.83. The fourth-order valence-corrected chi connectivity index (χ4v) is 1.99. The Kier molecular flexibility index (Phi) is 2.76. The van der Waals surface area contributed by atoms with Crippen LogP contribution in [0, 0.1) is 0 Å². The lowest BCUT2D eigenvalue weighted by Crippen LogP contribution is -2.11. The Bertz CT molecular complexity index is 731. The summed E-state index contributed by atoms with van der Waals surface area (Å²) in [5.41, 5.74) is 3.25. The van der Waals surface area contributed by atoms with Crippen molar-refractivity contribution in [2.45, 2.75) is 0 Å². The summed E-state index contributed by atoms with van der Waals surface area (Å²) in [6.07, 6.45) is 1.74. The number of aromatic nitrogens is 2. The molecule has 1 aromatic heterocycles. The number of nitrogens with zero attached hydrogens (tertiary/aromatic N) is 2. The van der Waals surface area contributed by atoms with Crippen molar-refractivity contribution in [3.05, 3.63) is 60.4 Å². The average molecular weight is 251 g/mol. The molecular formula is C15H13N3O. The van der Waals surface area contributed by atoms with E-state index in [1.807, 2.05) is 54.1 Å². The highest BCUT2D eigenvalue weighted by atomic mass is 16.1. The Morgan fingerprint density at radius 2 is 1.95 bits per heavy atom. The van der Waals surface area contributed by atoms with Gasteiger partial charge in [-0.15, -0.1) is 0 Å². The third-order valence-electron chi connectivity index (χ3n) is 3.02. The van der Waals surface area contributed by atoms with Crippen molar-refractivity contribution in [3.63, 3.8) is 0 Å². The van der Waals surface area contributed by atoms with Crippen molar-refractivity contribution < 1.29 is 4.79 Å². The number of carbonyl (C=O) groups excluding carboxylic acids is 1. The van der Waals surface area contributed by atoms with Gasteiger partial charge < -0.3 is 9.88 Å². The zero-order chi connectivity index (χ0) is 13.2. The number of rotatable bonds is 2. The molecule has 0 saturated heterocycles. The van der Waals surface area contributed by atoms with Gasteiger partial charge in [-0.3, -0.25) is 4.79 Å². The second kappa shape index (κ2) is 4.57. The second-order valence-corrected chi connectivity index (χ2v) is 4.38. The lowest BCUT2D eigenvalue weighted by atomic mass is 10.2. The molecule has 0 unspecified atom stereocenters. The molecule has 0 bridgehead atoms. The summed E-state index contributed by atoms with van der Waals surface area (Å²) >= 11 is 0. The molecule has 0 aliphatic heterocycles. The minimum absolute atomic E-state index is 0.116. The van der Waals surface area contributed by atoms with Gasteiger partial charge in [0.05, 0.1) is 17.4 Å². The standard InChI is InChI=1S/C15H13N3O/c1-18-10-16-13-8-7-11(9-14(13)18)15(19)17-12-5-3-2-4-6-12/h2-10H,1H3,(H,17,19). The maximum absolute atomic E-state index is 12.2. The molecule has 0 fully saturated rings. The summed E-state index contributed by atoms with van der Waals surface area (Å²) in [5, 5.41) is 2.87. The van der Waals surface area contributed by atoms with Crippen molar-refractivity contribution in [1.29, 1.82) is 0 Å². The van der Waals surface area contributed by atoms with E-state index in [0.29, 0.717) is 5.56 Å². The fraction of sp³-hybridized carbons (Fsp3) is 0.0667. The van der Waals surface area contributed by atoms with Gasteiger partial charge in [-0.2, -0.15) is 0 Å². The van der Waals surface area contributed by atoms with Crippen LogP contribution in [0.1, 0.15) is 10.4 Å². The van der Waals surface area contributed by atoms with Crippen LogP contribution in [0.4, 0.5) is 5.69 Å². The maximum Gasteiger partial charge on any atom is 0.255 e. The number of nitrogens with one attached hydrogen (secondary N) is 1. The van der Waals surface area contributed by atoms with Crippen LogP contribution in [0.15, 0.2) is 54.9 Å². The summed E-state index contributed by atoms with van der Waals surface area (Å²) in [6, 6.07) is 14.9. The van der Waals surface area contributed by atoms with Gasteiger partial charge in [-0.05, 0) is 30.3 Å². The molecular weight excluding hydrogens is 238 g/mol. The van der Waals surface area contributed by atoms with Crippen molar-refractivity contribution in [2.75, 3.05) is 5.32 Å². The molecule has 0 aliphatic carbocycles. The van der Waals surface area contributed by atoms with Crippen LogP contribution in [0.5, 0.6) is 0 Å². The number of fused-ring (bicyclic) bond motifs is 1. The Balaban J connectivity index is 1.91. The molecule has 94 valence electrons. The number of benzene rings is 2. The molecule has 3 aromatic rings. The number of hydrogen-bond acceptors (Lipinski definition) is 2. The smallest absolute Gasteiger partial charge is 0.255 e. The van der Waals surface area contributed by atoms with Crippen LogP contribution in [0.3, 0.4) is 0 Å². The monoisotopic (exact) mass is 251 g/mol. The Morgan fingerprint density at radius 1 is 1.16 bits per heavy atom. The average Bonchev–Trinajstić information content (AvgIpc) is 2.81. The lowest BCUT2D eigenvalue weighted by molar-refractivity contribution is 0.102. The molecule has 2 aromatic carbocycles. The van der Waals surface area contributed by atoms with Crippen LogP contribution >= 0.6 is 0 Å². The van der Waals surface area contributed by atoms with Gasteiger partial charge in [0.1, 0.15) is 0 Å². The zero-order valence-electron chi connectivity index (χ0n) is 10.5. The highest BCUT2D eigenvalue weighted by Gasteiger charge is 2.08. The van der Waals surface area contributed by atoms with E-state index in [-0.39, 0.29) is 5.91 Å². The number of para-hydroxylation sites is 1. The third-order valence-corrected chi connectivity index (χ3v) is 3.02. The maximum atomic E-state index is 12.2. The highest BCUT2D eigenvalue weighted by molar-refractivity contribution is 6.05. The third kappa shape index (κ3) is 2.20. The fourth-order valence-electron chi connectivity index (χ4n) is 1.99. The molecule has 0 radical (unpaired) electrons. The highest BCUT2D eigenvalue weighted by Crippen LogP contribution is 2.15. The Hall–Kier alpha value is -2.62. The van der Waals surface area contributed by atoms with Gasteiger partial charge in [0, 0.05) is 18.3 Å². The summed E-state index contributed by atoms with van der Waals surface area (Å²) in [7, 11) is 1.91. The van der Waals surface area contributed by atoms with Crippen LogP contribution in [0.2, 0.25) is 0 Å². The van der Waals surface area contributed by atoms with Gasteiger partial charge in [0.15, 0.2) is 0 Å². The minimum Gasteiger partial charge on any atom is -0.334 e.